The van der Waals surface area contributed by atoms with Crippen LogP contribution in [0.3, 0.4) is 0 Å². The van der Waals surface area contributed by atoms with Gasteiger partial charge in [-0.2, -0.15) is 5.10 Å². The van der Waals surface area contributed by atoms with E-state index < -0.39 is 24.2 Å². The van der Waals surface area contributed by atoms with E-state index >= 15 is 0 Å². The number of nitrogens with zero attached hydrogens (tertiary/aromatic N) is 3. The van der Waals surface area contributed by atoms with Crippen LogP contribution in [0.25, 0.3) is 5.65 Å². The zero-order valence-corrected chi connectivity index (χ0v) is 14.4. The first kappa shape index (κ1) is 18.1. The van der Waals surface area contributed by atoms with Crippen LogP contribution in [0.1, 0.15) is 16.1 Å². The van der Waals surface area contributed by atoms with Gasteiger partial charge in [0.1, 0.15) is 12.9 Å². The lowest BCUT2D eigenvalue weighted by molar-refractivity contribution is -0.135. The van der Waals surface area contributed by atoms with Crippen molar-refractivity contribution in [2.75, 3.05) is 11.9 Å². The number of rotatable bonds is 6. The lowest BCUT2D eigenvalue weighted by Gasteiger charge is -2.15. The largest absolute Gasteiger partial charge is 0.505 e. The maximum Gasteiger partial charge on any atom is 0.322 e. The van der Waals surface area contributed by atoms with Crippen molar-refractivity contribution < 1.29 is 19.8 Å². The molecule has 2 aromatic heterocycles. The Labute approximate surface area is 156 Å². The highest BCUT2D eigenvalue weighted by Gasteiger charge is 2.25. The summed E-state index contributed by atoms with van der Waals surface area (Å²) in [4.78, 5) is 27.1. The second-order valence-corrected chi connectivity index (χ2v) is 5.77. The van der Waals surface area contributed by atoms with Crippen LogP contribution < -0.4 is 10.6 Å². The average molecular weight is 389 g/mol. The number of carbonyl (C=O) groups is 2. The monoisotopic (exact) mass is 388 g/mol. The lowest BCUT2D eigenvalue weighted by atomic mass is 10.1. The summed E-state index contributed by atoms with van der Waals surface area (Å²) in [5.74, 6) is -2.65. The molecule has 0 unspecified atom stereocenters. The number of hydrogen-bond acceptors (Lipinski definition) is 7. The summed E-state index contributed by atoms with van der Waals surface area (Å²) >= 11 is 5.87. The molecule has 3 rings (SSSR count). The van der Waals surface area contributed by atoms with Crippen molar-refractivity contribution in [2.45, 2.75) is 0 Å². The second-order valence-electron chi connectivity index (χ2n) is 5.33. The Morgan fingerprint density at radius 1 is 1.30 bits per heavy atom. The zero-order chi connectivity index (χ0) is 19.6. The number of carbonyl (C=O) groups excluding carboxylic acids is 1. The molecule has 0 saturated heterocycles. The van der Waals surface area contributed by atoms with Gasteiger partial charge < -0.3 is 26.3 Å². The molecule has 1 aromatic carbocycles. The quantitative estimate of drug-likeness (QED) is 0.402. The number of halogens is 1. The number of nitrogens with one attached hydrogen (secondary N) is 3. The maximum absolute atomic E-state index is 12.3. The highest BCUT2D eigenvalue weighted by molar-refractivity contribution is 6.30. The fraction of sp³-hybridized carbons (Fsp3) is 0.0625. The molecule has 0 bridgehead atoms. The first-order valence-electron chi connectivity index (χ1n) is 7.54. The number of carboxylic acids is 1. The number of benzene rings is 1. The van der Waals surface area contributed by atoms with Gasteiger partial charge in [-0.3, -0.25) is 9.59 Å². The predicted octanol–water partition coefficient (Wildman–Crippen LogP) is 1.64. The summed E-state index contributed by atoms with van der Waals surface area (Å²) in [6, 6.07) is 6.69. The summed E-state index contributed by atoms with van der Waals surface area (Å²) in [5, 5.41) is 36.5. The molecule has 0 aliphatic carbocycles. The average Bonchev–Trinajstić information content (AvgIpc) is 3.11. The van der Waals surface area contributed by atoms with Gasteiger partial charge in [0.2, 0.25) is 0 Å². The van der Waals surface area contributed by atoms with Crippen LogP contribution in [-0.2, 0) is 4.79 Å². The Hall–Kier alpha value is -3.66. The number of amides is 1. The maximum atomic E-state index is 12.3. The van der Waals surface area contributed by atoms with E-state index in [1.807, 2.05) is 0 Å². The second kappa shape index (κ2) is 7.30. The first-order valence-corrected chi connectivity index (χ1v) is 7.92. The Morgan fingerprint density at radius 2 is 2.00 bits per heavy atom. The lowest BCUT2D eigenvalue weighted by Crippen LogP contribution is -2.31. The van der Waals surface area contributed by atoms with Crippen LogP contribution in [0.15, 0.2) is 30.6 Å². The Bertz CT molecular complexity index is 1050. The molecular formula is C16H13ClN6O4. The molecule has 1 amide bonds. The van der Waals surface area contributed by atoms with Crippen LogP contribution in [0.4, 0.5) is 11.4 Å². The van der Waals surface area contributed by atoms with Gasteiger partial charge in [0, 0.05) is 16.9 Å². The molecule has 0 saturated carbocycles. The van der Waals surface area contributed by atoms with E-state index in [0.717, 1.165) is 10.7 Å². The molecule has 5 N–H and O–H groups in total. The molecule has 0 aliphatic heterocycles. The van der Waals surface area contributed by atoms with Crippen LogP contribution in [0.2, 0.25) is 5.02 Å². The van der Waals surface area contributed by atoms with Crippen molar-refractivity contribution in [1.29, 1.82) is 5.41 Å². The third-order valence-electron chi connectivity index (χ3n) is 3.61. The van der Waals surface area contributed by atoms with E-state index in [2.05, 4.69) is 20.7 Å². The fourth-order valence-corrected chi connectivity index (χ4v) is 2.55. The van der Waals surface area contributed by atoms with E-state index in [-0.39, 0.29) is 22.6 Å². The number of hydrogen-bond donors (Lipinski definition) is 5. The molecule has 0 fully saturated rings. The van der Waals surface area contributed by atoms with Gasteiger partial charge in [-0.25, -0.2) is 9.50 Å². The summed E-state index contributed by atoms with van der Waals surface area (Å²) < 4.78 is 1.07. The van der Waals surface area contributed by atoms with Crippen molar-refractivity contribution in [1.82, 2.24) is 19.9 Å². The molecule has 0 aliphatic rings. The van der Waals surface area contributed by atoms with Crippen molar-refractivity contribution in [2.24, 2.45) is 0 Å². The van der Waals surface area contributed by atoms with Gasteiger partial charge in [-0.15, -0.1) is 0 Å². The molecule has 11 heteroatoms. The Morgan fingerprint density at radius 3 is 2.63 bits per heavy atom. The standard InChI is InChI=1S/C16H13ClN6O4/c17-8-1-3-9(4-2-8)22-12-10(5-18)14(26)13(16(27)19-6-11(24)25)23-15(12)20-7-21-23/h1-5,7,18,22,26H,6H2,(H,19,27)(H,24,25). The van der Waals surface area contributed by atoms with Crippen LogP contribution in [0.5, 0.6) is 5.75 Å². The number of fused-ring (bicyclic) bond motifs is 1. The zero-order valence-electron chi connectivity index (χ0n) is 13.6. The van der Waals surface area contributed by atoms with Gasteiger partial charge in [-0.05, 0) is 24.3 Å². The third-order valence-corrected chi connectivity index (χ3v) is 3.86. The fourth-order valence-electron chi connectivity index (χ4n) is 2.43. The first-order chi connectivity index (χ1) is 12.9. The number of pyridine rings is 1. The van der Waals surface area contributed by atoms with Crippen LogP contribution in [0, 0.1) is 5.41 Å². The number of aliphatic carboxylic acids is 1. The van der Waals surface area contributed by atoms with Crippen LogP contribution >= 0.6 is 11.6 Å². The Balaban J connectivity index is 2.13. The highest BCUT2D eigenvalue weighted by Crippen LogP contribution is 2.33. The van der Waals surface area contributed by atoms with E-state index in [4.69, 9.17) is 22.1 Å². The van der Waals surface area contributed by atoms with E-state index in [0.29, 0.717) is 10.7 Å². The smallest absolute Gasteiger partial charge is 0.322 e. The minimum Gasteiger partial charge on any atom is -0.505 e. The Kier molecular flexibility index (Phi) is 4.90. The summed E-state index contributed by atoms with van der Waals surface area (Å²) in [7, 11) is 0. The molecule has 27 heavy (non-hydrogen) atoms. The third kappa shape index (κ3) is 3.51. The van der Waals surface area contributed by atoms with Gasteiger partial charge in [0.05, 0.1) is 11.3 Å². The molecule has 0 radical (unpaired) electrons. The van der Waals surface area contributed by atoms with Crippen molar-refractivity contribution >= 4 is 46.7 Å². The molecule has 0 spiro atoms. The number of aromatic nitrogens is 3. The molecule has 10 nitrogen and oxygen atoms in total. The minimum atomic E-state index is -1.24. The van der Waals surface area contributed by atoms with Crippen LogP contribution in [-0.4, -0.2) is 49.4 Å². The molecule has 138 valence electrons. The summed E-state index contributed by atoms with van der Waals surface area (Å²) in [6.07, 6.45) is 2.03. The van der Waals surface area contributed by atoms with Crippen molar-refractivity contribution in [3.05, 3.63) is 46.9 Å². The molecule has 3 aromatic rings. The van der Waals surface area contributed by atoms with Gasteiger partial charge in [0.25, 0.3) is 5.91 Å². The van der Waals surface area contributed by atoms with Gasteiger partial charge in [-0.1, -0.05) is 11.6 Å². The van der Waals surface area contributed by atoms with E-state index in [1.54, 1.807) is 24.3 Å². The summed E-state index contributed by atoms with van der Waals surface area (Å²) in [6.45, 7) is -0.640. The number of aromatic hydroxyl groups is 1. The minimum absolute atomic E-state index is 0.00840. The summed E-state index contributed by atoms with van der Waals surface area (Å²) in [5.41, 5.74) is 0.684. The topological polar surface area (TPSA) is 153 Å². The van der Waals surface area contributed by atoms with Crippen molar-refractivity contribution in [3.63, 3.8) is 0 Å². The number of carboxylic acid groups (broad SMARTS) is 1. The normalized spacial score (nSPS) is 10.6. The SMILES string of the molecule is N=Cc1c(O)c(C(=O)NCC(=O)O)n2ncnc2c1Nc1ccc(Cl)cc1. The van der Waals surface area contributed by atoms with Gasteiger partial charge in [0.15, 0.2) is 17.1 Å². The van der Waals surface area contributed by atoms with Gasteiger partial charge >= 0.3 is 5.97 Å². The molecule has 2 heterocycles. The highest BCUT2D eigenvalue weighted by atomic mass is 35.5. The molecule has 0 atom stereocenters. The number of anilines is 2. The molecular weight excluding hydrogens is 376 g/mol. The van der Waals surface area contributed by atoms with E-state index in [1.165, 1.54) is 6.33 Å². The predicted molar refractivity (Wildman–Crippen MR) is 97.2 cm³/mol. The van der Waals surface area contributed by atoms with Crippen molar-refractivity contribution in [3.8, 4) is 5.75 Å². The van der Waals surface area contributed by atoms with E-state index in [9.17, 15) is 14.7 Å².